The van der Waals surface area contributed by atoms with Gasteiger partial charge in [-0.25, -0.2) is 0 Å². The van der Waals surface area contributed by atoms with E-state index in [2.05, 4.69) is 6.58 Å². The van der Waals surface area contributed by atoms with Crippen LogP contribution in [0, 0.1) is 0 Å². The number of hydrogen-bond acceptors (Lipinski definition) is 3. The van der Waals surface area contributed by atoms with Crippen LogP contribution in [0.1, 0.15) is 10.4 Å². The molecule has 1 rings (SSSR count). The Morgan fingerprint density at radius 1 is 1.35 bits per heavy atom. The van der Waals surface area contributed by atoms with Crippen molar-refractivity contribution in [3.8, 4) is 0 Å². The van der Waals surface area contributed by atoms with Gasteiger partial charge in [0.2, 0.25) is 0 Å². The van der Waals surface area contributed by atoms with Gasteiger partial charge in [0.1, 0.15) is 0 Å². The molecule has 0 atom stereocenters. The first kappa shape index (κ1) is 16.6. The maximum Gasteiger partial charge on any atom is 0.446 e. The lowest BCUT2D eigenvalue weighted by atomic mass is 10.2. The van der Waals surface area contributed by atoms with Crippen LogP contribution in [0.25, 0.3) is 0 Å². The molecule has 0 aliphatic carbocycles. The summed E-state index contributed by atoms with van der Waals surface area (Å²) in [4.78, 5) is 13.4. The van der Waals surface area contributed by atoms with E-state index in [-0.39, 0.29) is 47.8 Å². The van der Waals surface area contributed by atoms with Gasteiger partial charge in [0.05, 0.1) is 6.61 Å². The van der Waals surface area contributed by atoms with Crippen LogP contribution < -0.4 is 0 Å². The van der Waals surface area contributed by atoms with Crippen LogP contribution in [0.15, 0.2) is 41.8 Å². The Kier molecular flexibility index (Phi) is 6.09. The zero-order valence-corrected chi connectivity index (χ0v) is 11.4. The molecule has 0 aliphatic rings. The minimum atomic E-state index is -4.35. The minimum absolute atomic E-state index is 0.0199. The number of benzene rings is 1. The Morgan fingerprint density at radius 2 is 1.95 bits per heavy atom. The predicted octanol–water partition coefficient (Wildman–Crippen LogP) is 2.92. The maximum atomic E-state index is 12.2. The van der Waals surface area contributed by atoms with Gasteiger partial charge in [-0.05, 0) is 36.0 Å². The summed E-state index contributed by atoms with van der Waals surface area (Å²) in [7, 11) is 0. The highest BCUT2D eigenvalue weighted by molar-refractivity contribution is 8.00. The average molecular weight is 305 g/mol. The highest BCUT2D eigenvalue weighted by Crippen LogP contribution is 2.36. The van der Waals surface area contributed by atoms with Gasteiger partial charge in [0, 0.05) is 23.5 Å². The molecule has 0 aromatic heterocycles. The van der Waals surface area contributed by atoms with E-state index in [4.69, 9.17) is 5.11 Å². The molecule has 7 heteroatoms. The van der Waals surface area contributed by atoms with E-state index in [9.17, 15) is 18.0 Å². The molecule has 1 amide bonds. The zero-order valence-electron chi connectivity index (χ0n) is 10.6. The summed E-state index contributed by atoms with van der Waals surface area (Å²) in [5.41, 5.74) is -4.08. The first-order valence-electron chi connectivity index (χ1n) is 5.74. The molecule has 0 bridgehead atoms. The zero-order chi connectivity index (χ0) is 15.2. The Balaban J connectivity index is 2.81. The number of aliphatic hydroxyl groups is 1. The first-order chi connectivity index (χ1) is 9.37. The summed E-state index contributed by atoms with van der Waals surface area (Å²) in [5, 5.41) is 8.87. The van der Waals surface area contributed by atoms with Crippen LogP contribution >= 0.6 is 11.8 Å². The van der Waals surface area contributed by atoms with Crippen LogP contribution in [-0.2, 0) is 0 Å². The number of nitrogens with zero attached hydrogens (tertiary/aromatic N) is 1. The highest BCUT2D eigenvalue weighted by atomic mass is 32.2. The summed E-state index contributed by atoms with van der Waals surface area (Å²) in [6.07, 6.45) is 1.52. The van der Waals surface area contributed by atoms with Gasteiger partial charge in [-0.1, -0.05) is 6.08 Å². The number of carbonyl (C=O) groups excluding carboxylic acids is 1. The quantitative estimate of drug-likeness (QED) is 0.649. The van der Waals surface area contributed by atoms with E-state index < -0.39 is 5.51 Å². The molecule has 1 N–H and O–H groups in total. The molecule has 1 aromatic carbocycles. The van der Waals surface area contributed by atoms with E-state index in [0.29, 0.717) is 0 Å². The second-order valence-corrected chi connectivity index (χ2v) is 4.97. The SMILES string of the molecule is C=CCN(CCO)C(=O)c1ccc(SC(F)(F)F)cc1. The van der Waals surface area contributed by atoms with Gasteiger partial charge in [0.15, 0.2) is 0 Å². The molecule has 0 fully saturated rings. The largest absolute Gasteiger partial charge is 0.446 e. The molecule has 0 unspecified atom stereocenters. The van der Waals surface area contributed by atoms with Crippen LogP contribution in [0.2, 0.25) is 0 Å². The lowest BCUT2D eigenvalue weighted by molar-refractivity contribution is -0.0328. The van der Waals surface area contributed by atoms with Gasteiger partial charge in [-0.3, -0.25) is 4.79 Å². The topological polar surface area (TPSA) is 40.5 Å². The van der Waals surface area contributed by atoms with E-state index in [0.717, 1.165) is 0 Å². The minimum Gasteiger partial charge on any atom is -0.395 e. The summed E-state index contributed by atoms with van der Waals surface area (Å²) >= 11 is -0.231. The van der Waals surface area contributed by atoms with Crippen LogP contribution in [0.5, 0.6) is 0 Å². The third-order valence-corrected chi connectivity index (χ3v) is 3.08. The standard InChI is InChI=1S/C13H14F3NO2S/c1-2-7-17(8-9-18)12(19)10-3-5-11(6-4-10)20-13(14,15)16/h2-6,18H,1,7-9H2. The third-order valence-electron chi connectivity index (χ3n) is 2.34. The summed E-state index contributed by atoms with van der Waals surface area (Å²) in [5.74, 6) is -0.359. The number of hydrogen-bond donors (Lipinski definition) is 1. The average Bonchev–Trinajstić information content (AvgIpc) is 2.37. The van der Waals surface area contributed by atoms with E-state index >= 15 is 0 Å². The smallest absolute Gasteiger partial charge is 0.395 e. The fraction of sp³-hybridized carbons (Fsp3) is 0.308. The predicted molar refractivity (Wildman–Crippen MR) is 71.5 cm³/mol. The summed E-state index contributed by atoms with van der Waals surface area (Å²) in [6.45, 7) is 3.72. The summed E-state index contributed by atoms with van der Waals surface area (Å²) in [6, 6.07) is 5.17. The van der Waals surface area contributed by atoms with E-state index in [1.54, 1.807) is 0 Å². The normalized spacial score (nSPS) is 11.2. The van der Waals surface area contributed by atoms with Crippen molar-refractivity contribution >= 4 is 17.7 Å². The van der Waals surface area contributed by atoms with Crippen molar-refractivity contribution in [2.75, 3.05) is 19.7 Å². The molecule has 1 aromatic rings. The number of alkyl halides is 3. The third kappa shape index (κ3) is 5.26. The Bertz CT molecular complexity index is 460. The fourth-order valence-corrected chi connectivity index (χ4v) is 2.07. The molecule has 20 heavy (non-hydrogen) atoms. The van der Waals surface area contributed by atoms with Crippen molar-refractivity contribution in [3.63, 3.8) is 0 Å². The van der Waals surface area contributed by atoms with Crippen LogP contribution in [0.3, 0.4) is 0 Å². The molecule has 3 nitrogen and oxygen atoms in total. The molecule has 110 valence electrons. The van der Waals surface area contributed by atoms with E-state index in [1.165, 1.54) is 35.2 Å². The molecule has 0 saturated carbocycles. The Hall–Kier alpha value is -1.47. The second kappa shape index (κ2) is 7.35. The Labute approximate surface area is 119 Å². The van der Waals surface area contributed by atoms with Crippen molar-refractivity contribution in [2.45, 2.75) is 10.4 Å². The van der Waals surface area contributed by atoms with Gasteiger partial charge in [0.25, 0.3) is 5.91 Å². The lowest BCUT2D eigenvalue weighted by Crippen LogP contribution is -2.33. The van der Waals surface area contributed by atoms with Gasteiger partial charge in [-0.2, -0.15) is 13.2 Å². The molecular weight excluding hydrogens is 291 g/mol. The van der Waals surface area contributed by atoms with Gasteiger partial charge < -0.3 is 10.0 Å². The molecular formula is C13H14F3NO2S. The fourth-order valence-electron chi connectivity index (χ4n) is 1.53. The van der Waals surface area contributed by atoms with Crippen molar-refractivity contribution < 1.29 is 23.1 Å². The van der Waals surface area contributed by atoms with Gasteiger partial charge in [-0.15, -0.1) is 6.58 Å². The van der Waals surface area contributed by atoms with Crippen LogP contribution in [0.4, 0.5) is 13.2 Å². The van der Waals surface area contributed by atoms with Gasteiger partial charge >= 0.3 is 5.51 Å². The lowest BCUT2D eigenvalue weighted by Gasteiger charge is -2.20. The maximum absolute atomic E-state index is 12.2. The number of thioether (sulfide) groups is 1. The number of amides is 1. The van der Waals surface area contributed by atoms with Crippen molar-refractivity contribution in [1.29, 1.82) is 0 Å². The Morgan fingerprint density at radius 3 is 2.40 bits per heavy atom. The monoisotopic (exact) mass is 305 g/mol. The molecule has 0 heterocycles. The number of rotatable bonds is 6. The summed E-state index contributed by atoms with van der Waals surface area (Å²) < 4.78 is 36.5. The first-order valence-corrected chi connectivity index (χ1v) is 6.56. The molecule has 0 aliphatic heterocycles. The van der Waals surface area contributed by atoms with Crippen molar-refractivity contribution in [1.82, 2.24) is 4.90 Å². The molecule has 0 saturated heterocycles. The van der Waals surface area contributed by atoms with Crippen molar-refractivity contribution in [3.05, 3.63) is 42.5 Å². The number of halogens is 3. The number of aliphatic hydroxyl groups excluding tert-OH is 1. The second-order valence-electron chi connectivity index (χ2n) is 3.84. The molecule has 0 radical (unpaired) electrons. The van der Waals surface area contributed by atoms with Crippen molar-refractivity contribution in [2.24, 2.45) is 0 Å². The van der Waals surface area contributed by atoms with Crippen LogP contribution in [-0.4, -0.2) is 41.1 Å². The van der Waals surface area contributed by atoms with E-state index in [1.807, 2.05) is 0 Å². The number of carbonyl (C=O) groups is 1. The molecule has 0 spiro atoms. The highest BCUT2D eigenvalue weighted by Gasteiger charge is 2.29.